The number of ether oxygens (including phenoxy) is 3. The van der Waals surface area contributed by atoms with Crippen molar-refractivity contribution in [2.24, 2.45) is 0 Å². The van der Waals surface area contributed by atoms with Crippen LogP contribution in [0.2, 0.25) is 0 Å². The van der Waals surface area contributed by atoms with Gasteiger partial charge in [-0.05, 0) is 17.2 Å². The molecule has 0 fully saturated rings. The zero-order chi connectivity index (χ0) is 15.2. The van der Waals surface area contributed by atoms with Crippen LogP contribution >= 0.6 is 0 Å². The van der Waals surface area contributed by atoms with Gasteiger partial charge < -0.3 is 19.5 Å². The highest BCUT2D eigenvalue weighted by Gasteiger charge is 2.14. The van der Waals surface area contributed by atoms with E-state index in [2.05, 4.69) is 35.6 Å². The Labute approximate surface area is 131 Å². The van der Waals surface area contributed by atoms with Crippen LogP contribution in [-0.2, 0) is 24.4 Å². The Balaban J connectivity index is 1.60. The fourth-order valence-electron chi connectivity index (χ4n) is 2.61. The second-order valence-electron chi connectivity index (χ2n) is 5.30. The second-order valence-corrected chi connectivity index (χ2v) is 5.30. The van der Waals surface area contributed by atoms with E-state index in [-0.39, 0.29) is 0 Å². The lowest BCUT2D eigenvalue weighted by molar-refractivity contribution is 0.169. The summed E-state index contributed by atoms with van der Waals surface area (Å²) in [5.74, 6) is 1.71. The maximum Gasteiger partial charge on any atom is 0.165 e. The van der Waals surface area contributed by atoms with E-state index in [0.29, 0.717) is 19.8 Å². The molecular formula is C18H21NO3. The fourth-order valence-corrected chi connectivity index (χ4v) is 2.61. The monoisotopic (exact) mass is 299 g/mol. The predicted molar refractivity (Wildman–Crippen MR) is 85.1 cm³/mol. The molecule has 116 valence electrons. The summed E-state index contributed by atoms with van der Waals surface area (Å²) in [7, 11) is 1.71. The molecule has 4 heteroatoms. The Morgan fingerprint density at radius 1 is 1.00 bits per heavy atom. The molecule has 0 amide bonds. The Morgan fingerprint density at radius 2 is 1.82 bits per heavy atom. The van der Waals surface area contributed by atoms with E-state index in [1.807, 2.05) is 12.1 Å². The van der Waals surface area contributed by atoms with Crippen molar-refractivity contribution in [3.63, 3.8) is 0 Å². The van der Waals surface area contributed by atoms with Crippen molar-refractivity contribution in [1.29, 1.82) is 0 Å². The van der Waals surface area contributed by atoms with Crippen LogP contribution in [-0.4, -0.2) is 20.3 Å². The minimum atomic E-state index is 0.614. The quantitative estimate of drug-likeness (QED) is 0.890. The van der Waals surface area contributed by atoms with Crippen molar-refractivity contribution >= 4 is 0 Å². The minimum Gasteiger partial charge on any atom is -0.486 e. The molecule has 0 saturated heterocycles. The summed E-state index contributed by atoms with van der Waals surface area (Å²) in [6, 6.07) is 14.4. The summed E-state index contributed by atoms with van der Waals surface area (Å²) in [5.41, 5.74) is 3.57. The number of nitrogens with one attached hydrogen (secondary N) is 1. The van der Waals surface area contributed by atoms with Crippen molar-refractivity contribution in [3.05, 3.63) is 59.2 Å². The summed E-state index contributed by atoms with van der Waals surface area (Å²) in [4.78, 5) is 0. The van der Waals surface area contributed by atoms with E-state index in [4.69, 9.17) is 14.2 Å². The molecule has 2 aromatic rings. The molecule has 1 N–H and O–H groups in total. The molecule has 0 spiro atoms. The molecule has 0 bridgehead atoms. The fraction of sp³-hybridized carbons (Fsp3) is 0.333. The summed E-state index contributed by atoms with van der Waals surface area (Å²) in [6.07, 6.45) is 0. The first kappa shape index (κ1) is 14.9. The van der Waals surface area contributed by atoms with Gasteiger partial charge in [0.1, 0.15) is 13.2 Å². The summed E-state index contributed by atoms with van der Waals surface area (Å²) in [6.45, 7) is 3.44. The molecule has 0 aromatic heterocycles. The minimum absolute atomic E-state index is 0.614. The standard InChI is InChI=1S/C18H21NO3/c1-20-13-15-5-2-4-14(10-15)11-19-12-16-6-3-7-17-18(16)22-9-8-21-17/h2-7,10,19H,8-9,11-13H2,1H3. The van der Waals surface area contributed by atoms with Gasteiger partial charge in [0, 0.05) is 25.8 Å². The predicted octanol–water partition coefficient (Wildman–Crippen LogP) is 2.89. The van der Waals surface area contributed by atoms with E-state index in [9.17, 15) is 0 Å². The molecule has 1 aliphatic heterocycles. The number of hydrogen-bond acceptors (Lipinski definition) is 4. The number of rotatable bonds is 6. The van der Waals surface area contributed by atoms with Crippen molar-refractivity contribution in [2.75, 3.05) is 20.3 Å². The normalized spacial score (nSPS) is 13.1. The number of methoxy groups -OCH3 is 1. The maximum atomic E-state index is 5.73. The molecule has 22 heavy (non-hydrogen) atoms. The van der Waals surface area contributed by atoms with Crippen LogP contribution in [0.15, 0.2) is 42.5 Å². The molecule has 0 saturated carbocycles. The maximum absolute atomic E-state index is 5.73. The van der Waals surface area contributed by atoms with Crippen LogP contribution in [0.5, 0.6) is 11.5 Å². The third-order valence-electron chi connectivity index (χ3n) is 3.59. The molecule has 4 nitrogen and oxygen atoms in total. The van der Waals surface area contributed by atoms with E-state index < -0.39 is 0 Å². The van der Waals surface area contributed by atoms with Gasteiger partial charge in [0.2, 0.25) is 0 Å². The lowest BCUT2D eigenvalue weighted by atomic mass is 10.1. The first-order valence-corrected chi connectivity index (χ1v) is 7.52. The van der Waals surface area contributed by atoms with Gasteiger partial charge in [-0.25, -0.2) is 0 Å². The number of hydrogen-bond donors (Lipinski definition) is 1. The van der Waals surface area contributed by atoms with E-state index >= 15 is 0 Å². The molecule has 0 radical (unpaired) electrons. The molecule has 2 aromatic carbocycles. The lowest BCUT2D eigenvalue weighted by Crippen LogP contribution is -2.19. The van der Waals surface area contributed by atoms with Crippen LogP contribution in [0.4, 0.5) is 0 Å². The highest BCUT2D eigenvalue weighted by Crippen LogP contribution is 2.33. The Bertz CT molecular complexity index is 627. The van der Waals surface area contributed by atoms with Gasteiger partial charge in [-0.1, -0.05) is 36.4 Å². The van der Waals surface area contributed by atoms with Gasteiger partial charge >= 0.3 is 0 Å². The van der Waals surface area contributed by atoms with Crippen LogP contribution in [0, 0.1) is 0 Å². The molecule has 0 atom stereocenters. The van der Waals surface area contributed by atoms with E-state index in [1.165, 1.54) is 11.1 Å². The van der Waals surface area contributed by atoms with Crippen LogP contribution < -0.4 is 14.8 Å². The Morgan fingerprint density at radius 3 is 2.73 bits per heavy atom. The number of para-hydroxylation sites is 1. The largest absolute Gasteiger partial charge is 0.486 e. The topological polar surface area (TPSA) is 39.7 Å². The van der Waals surface area contributed by atoms with Crippen molar-refractivity contribution < 1.29 is 14.2 Å². The van der Waals surface area contributed by atoms with Gasteiger partial charge in [-0.3, -0.25) is 0 Å². The summed E-state index contributed by atoms with van der Waals surface area (Å²) in [5, 5.41) is 3.46. The smallest absolute Gasteiger partial charge is 0.165 e. The van der Waals surface area contributed by atoms with Crippen LogP contribution in [0.25, 0.3) is 0 Å². The first-order valence-electron chi connectivity index (χ1n) is 7.52. The Kier molecular flexibility index (Phi) is 4.93. The SMILES string of the molecule is COCc1cccc(CNCc2cccc3c2OCCO3)c1. The van der Waals surface area contributed by atoms with Crippen LogP contribution in [0.3, 0.4) is 0 Å². The highest BCUT2D eigenvalue weighted by atomic mass is 16.6. The van der Waals surface area contributed by atoms with Crippen LogP contribution in [0.1, 0.15) is 16.7 Å². The average molecular weight is 299 g/mol. The van der Waals surface area contributed by atoms with Gasteiger partial charge in [0.25, 0.3) is 0 Å². The molecule has 0 unspecified atom stereocenters. The van der Waals surface area contributed by atoms with E-state index in [0.717, 1.165) is 30.2 Å². The summed E-state index contributed by atoms with van der Waals surface area (Å²) >= 11 is 0. The van der Waals surface area contributed by atoms with Gasteiger partial charge in [0.05, 0.1) is 6.61 Å². The molecule has 1 aliphatic rings. The molecule has 0 aliphatic carbocycles. The molecule has 1 heterocycles. The summed E-state index contributed by atoms with van der Waals surface area (Å²) < 4.78 is 16.5. The first-order chi connectivity index (χ1) is 10.9. The highest BCUT2D eigenvalue weighted by molar-refractivity contribution is 5.47. The van der Waals surface area contributed by atoms with E-state index in [1.54, 1.807) is 7.11 Å². The lowest BCUT2D eigenvalue weighted by Gasteiger charge is -2.21. The third kappa shape index (κ3) is 3.59. The Hall–Kier alpha value is -2.04. The van der Waals surface area contributed by atoms with Gasteiger partial charge in [-0.2, -0.15) is 0 Å². The number of benzene rings is 2. The van der Waals surface area contributed by atoms with Crippen molar-refractivity contribution in [1.82, 2.24) is 5.32 Å². The molecular weight excluding hydrogens is 278 g/mol. The molecule has 3 rings (SSSR count). The second kappa shape index (κ2) is 7.29. The number of fused-ring (bicyclic) bond motifs is 1. The van der Waals surface area contributed by atoms with Gasteiger partial charge in [-0.15, -0.1) is 0 Å². The zero-order valence-electron chi connectivity index (χ0n) is 12.8. The average Bonchev–Trinajstić information content (AvgIpc) is 2.56. The van der Waals surface area contributed by atoms with Crippen molar-refractivity contribution in [2.45, 2.75) is 19.7 Å². The zero-order valence-corrected chi connectivity index (χ0v) is 12.8. The third-order valence-corrected chi connectivity index (χ3v) is 3.59. The van der Waals surface area contributed by atoms with Gasteiger partial charge in [0.15, 0.2) is 11.5 Å². The van der Waals surface area contributed by atoms with Crippen molar-refractivity contribution in [3.8, 4) is 11.5 Å².